The summed E-state index contributed by atoms with van der Waals surface area (Å²) in [5.41, 5.74) is 2.30. The van der Waals surface area contributed by atoms with Crippen LogP contribution in [0.15, 0.2) is 24.3 Å². The number of carboxylic acid groups (broad SMARTS) is 2. The van der Waals surface area contributed by atoms with Crippen LogP contribution in [0.1, 0.15) is 36.4 Å². The molecule has 0 spiro atoms. The summed E-state index contributed by atoms with van der Waals surface area (Å²) in [6, 6.07) is 7.81. The topological polar surface area (TPSA) is 109 Å². The SMILES string of the molecule is O=C([O-])C[C@H](SCC(=O)N[C@@H]1CCCc2ccccc21)C(=O)[O-]. The van der Waals surface area contributed by atoms with E-state index in [9.17, 15) is 24.6 Å². The van der Waals surface area contributed by atoms with Gasteiger partial charge in [0.15, 0.2) is 0 Å². The Morgan fingerprint density at radius 1 is 1.26 bits per heavy atom. The van der Waals surface area contributed by atoms with Crippen LogP contribution in [-0.2, 0) is 20.8 Å². The second kappa shape index (κ2) is 8.01. The van der Waals surface area contributed by atoms with Gasteiger partial charge < -0.3 is 25.1 Å². The van der Waals surface area contributed by atoms with Crippen LogP contribution < -0.4 is 15.5 Å². The number of amides is 1. The van der Waals surface area contributed by atoms with Crippen LogP contribution in [0.25, 0.3) is 0 Å². The lowest BCUT2D eigenvalue weighted by molar-refractivity contribution is -0.314. The minimum Gasteiger partial charge on any atom is -0.550 e. The fourth-order valence-electron chi connectivity index (χ4n) is 2.68. The summed E-state index contributed by atoms with van der Waals surface area (Å²) in [5, 5.41) is 22.9. The molecule has 1 N–H and O–H groups in total. The second-order valence-corrected chi connectivity index (χ2v) is 6.60. The molecule has 2 atom stereocenters. The molecule has 6 nitrogen and oxygen atoms in total. The van der Waals surface area contributed by atoms with Gasteiger partial charge in [-0.1, -0.05) is 24.3 Å². The van der Waals surface area contributed by atoms with Crippen molar-refractivity contribution in [1.29, 1.82) is 0 Å². The van der Waals surface area contributed by atoms with Crippen molar-refractivity contribution in [2.75, 3.05) is 5.75 Å². The lowest BCUT2D eigenvalue weighted by Crippen LogP contribution is -2.39. The Bertz CT molecular complexity index is 604. The van der Waals surface area contributed by atoms with Gasteiger partial charge in [0.05, 0.1) is 23.0 Å². The zero-order valence-electron chi connectivity index (χ0n) is 12.4. The number of hydrogen-bond acceptors (Lipinski definition) is 6. The van der Waals surface area contributed by atoms with Crippen molar-refractivity contribution >= 4 is 29.6 Å². The van der Waals surface area contributed by atoms with E-state index in [0.717, 1.165) is 36.6 Å². The number of rotatable bonds is 7. The molecule has 0 radical (unpaired) electrons. The van der Waals surface area contributed by atoms with Crippen LogP contribution in [0.5, 0.6) is 0 Å². The molecule has 1 aliphatic rings. The maximum atomic E-state index is 12.0. The van der Waals surface area contributed by atoms with Crippen molar-refractivity contribution in [3.05, 3.63) is 35.4 Å². The molecule has 1 aromatic rings. The number of thioether (sulfide) groups is 1. The first-order valence-corrected chi connectivity index (χ1v) is 8.41. The maximum Gasteiger partial charge on any atom is 0.230 e. The molecule has 0 unspecified atom stereocenters. The Labute approximate surface area is 138 Å². The van der Waals surface area contributed by atoms with Crippen molar-refractivity contribution in [2.24, 2.45) is 0 Å². The first-order valence-electron chi connectivity index (χ1n) is 7.37. The number of carboxylic acids is 2. The molecule has 0 saturated heterocycles. The van der Waals surface area contributed by atoms with Gasteiger partial charge in [0.2, 0.25) is 5.91 Å². The summed E-state index contributed by atoms with van der Waals surface area (Å²) < 4.78 is 0. The number of carbonyl (C=O) groups is 3. The summed E-state index contributed by atoms with van der Waals surface area (Å²) >= 11 is 0.741. The Morgan fingerprint density at radius 3 is 2.70 bits per heavy atom. The smallest absolute Gasteiger partial charge is 0.230 e. The molecule has 2 rings (SSSR count). The standard InChI is InChI=1S/C16H19NO5S/c18-14(9-23-13(16(21)22)8-15(19)20)17-12-7-3-5-10-4-1-2-6-11(10)12/h1-2,4,6,12-13H,3,5,7-9H2,(H,17,18)(H,19,20)(H,21,22)/p-2/t12-,13+/m1/s1. The van der Waals surface area contributed by atoms with Gasteiger partial charge in [0.25, 0.3) is 0 Å². The molecule has 0 bridgehead atoms. The molecule has 0 aliphatic heterocycles. The highest BCUT2D eigenvalue weighted by Crippen LogP contribution is 2.29. The zero-order chi connectivity index (χ0) is 16.8. The molecule has 1 aromatic carbocycles. The summed E-state index contributed by atoms with van der Waals surface area (Å²) in [6.45, 7) is 0. The third-order valence-electron chi connectivity index (χ3n) is 3.74. The number of benzene rings is 1. The molecule has 23 heavy (non-hydrogen) atoms. The highest BCUT2D eigenvalue weighted by molar-refractivity contribution is 8.01. The highest BCUT2D eigenvalue weighted by atomic mass is 32.2. The maximum absolute atomic E-state index is 12.0. The van der Waals surface area contributed by atoms with Crippen LogP contribution in [-0.4, -0.2) is 28.8 Å². The summed E-state index contributed by atoms with van der Waals surface area (Å²) in [6.07, 6.45) is 2.11. The number of hydrogen-bond donors (Lipinski definition) is 1. The third-order valence-corrected chi connectivity index (χ3v) is 4.93. The minimum absolute atomic E-state index is 0.0874. The first-order chi connectivity index (χ1) is 11.0. The van der Waals surface area contributed by atoms with E-state index in [1.54, 1.807) is 0 Å². The average molecular weight is 335 g/mol. The molecular formula is C16H17NO5S-2. The van der Waals surface area contributed by atoms with Crippen molar-refractivity contribution < 1.29 is 24.6 Å². The van der Waals surface area contributed by atoms with Gasteiger partial charge >= 0.3 is 0 Å². The largest absolute Gasteiger partial charge is 0.550 e. The molecule has 0 aromatic heterocycles. The molecule has 1 amide bonds. The average Bonchev–Trinajstić information content (AvgIpc) is 2.51. The fraction of sp³-hybridized carbons (Fsp3) is 0.438. The lowest BCUT2D eigenvalue weighted by atomic mass is 9.88. The van der Waals surface area contributed by atoms with Crippen molar-refractivity contribution in [2.45, 2.75) is 37.0 Å². The Hall–Kier alpha value is -2.02. The normalized spacial score (nSPS) is 17.8. The predicted octanol–water partition coefficient (Wildman–Crippen LogP) is -0.828. The Kier molecular flexibility index (Phi) is 6.04. The number of nitrogens with one attached hydrogen (secondary N) is 1. The van der Waals surface area contributed by atoms with E-state index in [1.807, 2.05) is 24.3 Å². The van der Waals surface area contributed by atoms with Crippen molar-refractivity contribution in [3.63, 3.8) is 0 Å². The van der Waals surface area contributed by atoms with Gasteiger partial charge in [-0.15, -0.1) is 11.8 Å². The van der Waals surface area contributed by atoms with Gasteiger partial charge in [0, 0.05) is 12.4 Å². The summed E-state index contributed by atoms with van der Waals surface area (Å²) in [5.74, 6) is -3.44. The monoisotopic (exact) mass is 335 g/mol. The van der Waals surface area contributed by atoms with Crippen LogP contribution >= 0.6 is 11.8 Å². The molecule has 7 heteroatoms. The van der Waals surface area contributed by atoms with Gasteiger partial charge in [-0.05, 0) is 30.4 Å². The molecule has 124 valence electrons. The summed E-state index contributed by atoms with van der Waals surface area (Å²) in [4.78, 5) is 33.4. The van der Waals surface area contributed by atoms with Gasteiger partial charge in [0.1, 0.15) is 0 Å². The van der Waals surface area contributed by atoms with Crippen LogP contribution in [0.3, 0.4) is 0 Å². The zero-order valence-corrected chi connectivity index (χ0v) is 13.3. The van der Waals surface area contributed by atoms with Crippen LogP contribution in [0, 0.1) is 0 Å². The quantitative estimate of drug-likeness (QED) is 0.697. The predicted molar refractivity (Wildman–Crippen MR) is 81.1 cm³/mol. The second-order valence-electron chi connectivity index (χ2n) is 5.41. The van der Waals surface area contributed by atoms with E-state index in [2.05, 4.69) is 5.32 Å². The molecule has 0 fully saturated rings. The lowest BCUT2D eigenvalue weighted by Gasteiger charge is -2.26. The van der Waals surface area contributed by atoms with Gasteiger partial charge in [-0.3, -0.25) is 4.79 Å². The number of aryl methyl sites for hydroxylation is 1. The fourth-order valence-corrected chi connectivity index (χ4v) is 3.50. The number of aliphatic carboxylic acids is 2. The van der Waals surface area contributed by atoms with E-state index < -0.39 is 23.6 Å². The van der Waals surface area contributed by atoms with Crippen molar-refractivity contribution in [1.82, 2.24) is 5.32 Å². The van der Waals surface area contributed by atoms with E-state index in [4.69, 9.17) is 0 Å². The highest BCUT2D eigenvalue weighted by Gasteiger charge is 2.22. The van der Waals surface area contributed by atoms with Crippen LogP contribution in [0.2, 0.25) is 0 Å². The molecule has 0 saturated carbocycles. The molecule has 0 heterocycles. The minimum atomic E-state index is -1.50. The first kappa shape index (κ1) is 17.3. The Morgan fingerprint density at radius 2 is 2.00 bits per heavy atom. The molecular weight excluding hydrogens is 318 g/mol. The van der Waals surface area contributed by atoms with Gasteiger partial charge in [-0.2, -0.15) is 0 Å². The van der Waals surface area contributed by atoms with E-state index >= 15 is 0 Å². The number of carbonyl (C=O) groups excluding carboxylic acids is 3. The number of fused-ring (bicyclic) bond motifs is 1. The summed E-state index contributed by atoms with van der Waals surface area (Å²) in [7, 11) is 0. The van der Waals surface area contributed by atoms with E-state index in [1.165, 1.54) is 5.56 Å². The Balaban J connectivity index is 1.90. The third kappa shape index (κ3) is 4.99. The van der Waals surface area contributed by atoms with Crippen LogP contribution in [0.4, 0.5) is 0 Å². The van der Waals surface area contributed by atoms with E-state index in [-0.39, 0.29) is 17.7 Å². The molecule has 1 aliphatic carbocycles. The van der Waals surface area contributed by atoms with Gasteiger partial charge in [-0.25, -0.2) is 0 Å². The van der Waals surface area contributed by atoms with E-state index in [0.29, 0.717) is 0 Å². The van der Waals surface area contributed by atoms with Crippen molar-refractivity contribution in [3.8, 4) is 0 Å².